The first-order valence-electron chi connectivity index (χ1n) is 8.31. The average molecular weight is 345 g/mol. The van der Waals surface area contributed by atoms with Gasteiger partial charge in [0, 0.05) is 23.0 Å². The van der Waals surface area contributed by atoms with Gasteiger partial charge in [0.25, 0.3) is 0 Å². The first-order chi connectivity index (χ1) is 12.5. The van der Waals surface area contributed by atoms with Gasteiger partial charge < -0.3 is 9.84 Å². The molecule has 2 heterocycles. The van der Waals surface area contributed by atoms with Gasteiger partial charge in [-0.2, -0.15) is 0 Å². The average Bonchev–Trinajstić information content (AvgIpc) is 2.99. The predicted octanol–water partition coefficient (Wildman–Crippen LogP) is 3.83. The van der Waals surface area contributed by atoms with Crippen molar-refractivity contribution in [1.29, 1.82) is 0 Å². The second-order valence-corrected chi connectivity index (χ2v) is 5.99. The van der Waals surface area contributed by atoms with Crippen molar-refractivity contribution in [3.05, 3.63) is 76.9 Å². The Bertz CT molecular complexity index is 962. The molecule has 0 unspecified atom stereocenters. The molecule has 2 aromatic heterocycles. The molecule has 0 spiro atoms. The molecule has 5 heteroatoms. The molecule has 0 aliphatic rings. The highest BCUT2D eigenvalue weighted by atomic mass is 16.5. The van der Waals surface area contributed by atoms with Gasteiger partial charge in [-0.1, -0.05) is 23.2 Å². The maximum absolute atomic E-state index is 12.6. The summed E-state index contributed by atoms with van der Waals surface area (Å²) in [5.41, 5.74) is 3.77. The van der Waals surface area contributed by atoms with E-state index in [0.29, 0.717) is 17.1 Å². The molecule has 0 aliphatic heterocycles. The van der Waals surface area contributed by atoms with Crippen LogP contribution in [-0.4, -0.2) is 16.0 Å². The minimum absolute atomic E-state index is 0.116. The number of nitrogens with one attached hydrogen (secondary N) is 1. The van der Waals surface area contributed by atoms with E-state index >= 15 is 0 Å². The Kier molecular flexibility index (Phi) is 5.14. The van der Waals surface area contributed by atoms with E-state index in [-0.39, 0.29) is 11.8 Å². The van der Waals surface area contributed by atoms with Gasteiger partial charge in [0.05, 0.1) is 11.6 Å². The fourth-order valence-electron chi connectivity index (χ4n) is 2.74. The van der Waals surface area contributed by atoms with E-state index < -0.39 is 0 Å². The monoisotopic (exact) mass is 345 g/mol. The quantitative estimate of drug-likeness (QED) is 0.733. The number of carbonyl (C=O) groups excluding carboxylic acids is 1. The van der Waals surface area contributed by atoms with Crippen molar-refractivity contribution < 1.29 is 9.32 Å². The van der Waals surface area contributed by atoms with Crippen molar-refractivity contribution >= 4 is 11.6 Å². The van der Waals surface area contributed by atoms with Gasteiger partial charge in [0.1, 0.15) is 11.5 Å². The van der Waals surface area contributed by atoms with Crippen LogP contribution in [0.5, 0.6) is 0 Å². The third-order valence-corrected chi connectivity index (χ3v) is 4.04. The lowest BCUT2D eigenvalue weighted by Gasteiger charge is -2.12. The number of anilines is 1. The fraction of sp³-hybridized carbons (Fsp3) is 0.190. The summed E-state index contributed by atoms with van der Waals surface area (Å²) in [6.45, 7) is 5.49. The zero-order valence-corrected chi connectivity index (χ0v) is 14.9. The Hall–Kier alpha value is -3.39. The molecule has 0 saturated carbocycles. The van der Waals surface area contributed by atoms with Gasteiger partial charge in [-0.05, 0) is 57.0 Å². The summed E-state index contributed by atoms with van der Waals surface area (Å²) in [6.07, 6.45) is 1.71. The van der Waals surface area contributed by atoms with Crippen LogP contribution in [0.15, 0.2) is 53.2 Å². The molecule has 0 radical (unpaired) electrons. The molecular formula is C21H19N3O2. The number of aryl methyl sites for hydroxylation is 2. The first kappa shape index (κ1) is 17.4. The lowest BCUT2D eigenvalue weighted by atomic mass is 9.98. The normalized spacial score (nSPS) is 11.3. The summed E-state index contributed by atoms with van der Waals surface area (Å²) < 4.78 is 5.16. The maximum Gasteiger partial charge on any atom is 0.231 e. The third-order valence-electron chi connectivity index (χ3n) is 4.04. The summed E-state index contributed by atoms with van der Waals surface area (Å²) in [5.74, 6) is 6.26. The third kappa shape index (κ3) is 3.98. The Labute approximate surface area is 152 Å². The van der Waals surface area contributed by atoms with Gasteiger partial charge in [0.2, 0.25) is 5.91 Å². The second kappa shape index (κ2) is 7.66. The van der Waals surface area contributed by atoms with E-state index in [1.807, 2.05) is 63.2 Å². The van der Waals surface area contributed by atoms with Crippen molar-refractivity contribution in [2.24, 2.45) is 0 Å². The molecule has 0 bridgehead atoms. The molecule has 0 fully saturated rings. The summed E-state index contributed by atoms with van der Waals surface area (Å²) >= 11 is 0. The minimum Gasteiger partial charge on any atom is -0.361 e. The largest absolute Gasteiger partial charge is 0.361 e. The lowest BCUT2D eigenvalue weighted by molar-refractivity contribution is -0.117. The molecule has 130 valence electrons. The lowest BCUT2D eigenvalue weighted by Crippen LogP contribution is -2.19. The van der Waals surface area contributed by atoms with Crippen LogP contribution in [0.4, 0.5) is 5.69 Å². The number of rotatable bonds is 3. The minimum atomic E-state index is -0.357. The van der Waals surface area contributed by atoms with E-state index in [0.717, 1.165) is 16.8 Å². The molecule has 1 N–H and O–H groups in total. The van der Waals surface area contributed by atoms with E-state index in [1.54, 1.807) is 6.20 Å². The molecule has 3 aromatic rings. The van der Waals surface area contributed by atoms with Crippen LogP contribution in [0.1, 0.15) is 41.1 Å². The zero-order valence-electron chi connectivity index (χ0n) is 14.9. The second-order valence-electron chi connectivity index (χ2n) is 5.99. The van der Waals surface area contributed by atoms with Crippen LogP contribution >= 0.6 is 0 Å². The topological polar surface area (TPSA) is 68.0 Å². The molecule has 1 amide bonds. The van der Waals surface area contributed by atoms with Gasteiger partial charge in [-0.3, -0.25) is 4.79 Å². The maximum atomic E-state index is 12.6. The molecule has 1 aromatic carbocycles. The highest BCUT2D eigenvalue weighted by Crippen LogP contribution is 2.24. The summed E-state index contributed by atoms with van der Waals surface area (Å²) in [7, 11) is 0. The van der Waals surface area contributed by atoms with Crippen LogP contribution in [0, 0.1) is 25.7 Å². The van der Waals surface area contributed by atoms with Crippen LogP contribution < -0.4 is 5.32 Å². The summed E-state index contributed by atoms with van der Waals surface area (Å²) in [4.78, 5) is 16.8. The molecule has 5 nitrogen and oxygen atoms in total. The van der Waals surface area contributed by atoms with Gasteiger partial charge >= 0.3 is 0 Å². The van der Waals surface area contributed by atoms with Crippen LogP contribution in [0.25, 0.3) is 0 Å². The number of hydrogen-bond acceptors (Lipinski definition) is 4. The highest BCUT2D eigenvalue weighted by Gasteiger charge is 2.22. The number of carbonyl (C=O) groups is 1. The summed E-state index contributed by atoms with van der Waals surface area (Å²) in [6, 6.07) is 13.0. The van der Waals surface area contributed by atoms with E-state index in [2.05, 4.69) is 27.3 Å². The molecule has 0 aliphatic carbocycles. The van der Waals surface area contributed by atoms with Crippen molar-refractivity contribution in [2.75, 3.05) is 5.32 Å². The van der Waals surface area contributed by atoms with Gasteiger partial charge in [-0.15, -0.1) is 0 Å². The predicted molar refractivity (Wildman–Crippen MR) is 99.7 cm³/mol. The molecule has 26 heavy (non-hydrogen) atoms. The van der Waals surface area contributed by atoms with Crippen molar-refractivity contribution in [3.8, 4) is 11.8 Å². The standard InChI is InChI=1S/C21H19N3O2/c1-14(20-15(2)24-26-16(20)3)21(25)23-19-9-6-7-17(13-19)10-11-18-8-4-5-12-22-18/h4-9,12-14H,1-3H3,(H,23,25)/t14-/m1/s1. The smallest absolute Gasteiger partial charge is 0.231 e. The van der Waals surface area contributed by atoms with Crippen molar-refractivity contribution in [3.63, 3.8) is 0 Å². The Balaban J connectivity index is 1.75. The van der Waals surface area contributed by atoms with Gasteiger partial charge in [-0.25, -0.2) is 4.98 Å². The molecule has 1 atom stereocenters. The van der Waals surface area contributed by atoms with Crippen LogP contribution in [0.3, 0.4) is 0 Å². The molecule has 3 rings (SSSR count). The van der Waals surface area contributed by atoms with E-state index in [4.69, 9.17) is 4.52 Å². The molecular weight excluding hydrogens is 326 g/mol. The Morgan fingerprint density at radius 1 is 1.15 bits per heavy atom. The number of benzene rings is 1. The van der Waals surface area contributed by atoms with Gasteiger partial charge in [0.15, 0.2) is 0 Å². The number of pyridine rings is 1. The van der Waals surface area contributed by atoms with Crippen molar-refractivity contribution in [1.82, 2.24) is 10.1 Å². The SMILES string of the molecule is Cc1noc(C)c1[C@@H](C)C(=O)Nc1cccc(C#Cc2ccccn2)c1. The van der Waals surface area contributed by atoms with E-state index in [9.17, 15) is 4.79 Å². The number of hydrogen-bond donors (Lipinski definition) is 1. The number of aromatic nitrogens is 2. The van der Waals surface area contributed by atoms with Crippen LogP contribution in [0.2, 0.25) is 0 Å². The Morgan fingerprint density at radius 3 is 2.69 bits per heavy atom. The number of amides is 1. The zero-order chi connectivity index (χ0) is 18.5. The molecule has 0 saturated heterocycles. The number of nitrogens with zero attached hydrogens (tertiary/aromatic N) is 2. The Morgan fingerprint density at radius 2 is 2.00 bits per heavy atom. The fourth-order valence-corrected chi connectivity index (χ4v) is 2.74. The first-order valence-corrected chi connectivity index (χ1v) is 8.31. The highest BCUT2D eigenvalue weighted by molar-refractivity contribution is 5.96. The van der Waals surface area contributed by atoms with Crippen molar-refractivity contribution in [2.45, 2.75) is 26.7 Å². The summed E-state index contributed by atoms with van der Waals surface area (Å²) in [5, 5.41) is 6.85. The van der Waals surface area contributed by atoms with E-state index in [1.165, 1.54) is 0 Å². The van der Waals surface area contributed by atoms with Crippen LogP contribution in [-0.2, 0) is 4.79 Å².